The third-order valence-corrected chi connectivity index (χ3v) is 3.76. The smallest absolute Gasteiger partial charge is 0.227 e. The molecule has 1 aromatic rings. The molecular weight excluding hydrogens is 226 g/mol. The largest absolute Gasteiger partial charge is 0.339 e. The van der Waals surface area contributed by atoms with E-state index >= 15 is 0 Å². The van der Waals surface area contributed by atoms with Gasteiger partial charge in [0.05, 0.1) is 12.0 Å². The second-order valence-corrected chi connectivity index (χ2v) is 4.95. The first-order valence-electron chi connectivity index (χ1n) is 6.57. The number of amides is 1. The number of aromatic nitrogens is 1. The van der Waals surface area contributed by atoms with Crippen molar-refractivity contribution in [1.82, 2.24) is 15.2 Å². The maximum atomic E-state index is 12.4. The van der Waals surface area contributed by atoms with Crippen molar-refractivity contribution in [2.75, 3.05) is 20.1 Å². The van der Waals surface area contributed by atoms with Crippen LogP contribution in [0.25, 0.3) is 0 Å². The Balaban J connectivity index is 2.01. The molecule has 2 rings (SSSR count). The second-order valence-electron chi connectivity index (χ2n) is 4.95. The maximum Gasteiger partial charge on any atom is 0.227 e. The Morgan fingerprint density at radius 2 is 2.22 bits per heavy atom. The molecule has 0 saturated carbocycles. The minimum Gasteiger partial charge on any atom is -0.339 e. The van der Waals surface area contributed by atoms with Crippen LogP contribution >= 0.6 is 0 Å². The zero-order valence-corrected chi connectivity index (χ0v) is 11.1. The van der Waals surface area contributed by atoms with Crippen molar-refractivity contribution in [3.05, 3.63) is 30.1 Å². The lowest BCUT2D eigenvalue weighted by Crippen LogP contribution is -2.42. The predicted octanol–water partition coefficient (Wildman–Crippen LogP) is 1.60. The van der Waals surface area contributed by atoms with Crippen LogP contribution in [0.1, 0.15) is 31.4 Å². The molecule has 2 atom stereocenters. The minimum atomic E-state index is 0.0995. The molecule has 1 unspecified atom stereocenters. The van der Waals surface area contributed by atoms with Gasteiger partial charge in [-0.2, -0.15) is 0 Å². The molecule has 0 aliphatic carbocycles. The Labute approximate surface area is 108 Å². The average Bonchev–Trinajstić information content (AvgIpc) is 2.47. The van der Waals surface area contributed by atoms with Crippen molar-refractivity contribution in [2.45, 2.75) is 25.8 Å². The van der Waals surface area contributed by atoms with Gasteiger partial charge in [-0.05, 0) is 44.0 Å². The van der Waals surface area contributed by atoms with Crippen molar-refractivity contribution < 1.29 is 4.79 Å². The number of pyridine rings is 1. The van der Waals surface area contributed by atoms with Crippen LogP contribution in [0.2, 0.25) is 0 Å². The van der Waals surface area contributed by atoms with Gasteiger partial charge in [-0.3, -0.25) is 9.78 Å². The van der Waals surface area contributed by atoms with Gasteiger partial charge in [-0.25, -0.2) is 0 Å². The van der Waals surface area contributed by atoms with Crippen molar-refractivity contribution >= 4 is 5.91 Å². The molecule has 1 aromatic heterocycles. The normalized spacial score (nSPS) is 21.3. The summed E-state index contributed by atoms with van der Waals surface area (Å²) in [4.78, 5) is 18.2. The van der Waals surface area contributed by atoms with Crippen molar-refractivity contribution in [3.8, 4) is 0 Å². The summed E-state index contributed by atoms with van der Waals surface area (Å²) in [5.41, 5.74) is 1.13. The van der Waals surface area contributed by atoms with E-state index in [1.165, 1.54) is 0 Å². The number of hydrogen-bond acceptors (Lipinski definition) is 3. The molecule has 18 heavy (non-hydrogen) atoms. The molecule has 1 amide bonds. The fourth-order valence-corrected chi connectivity index (χ4v) is 2.41. The van der Waals surface area contributed by atoms with Crippen molar-refractivity contribution in [2.24, 2.45) is 5.92 Å². The lowest BCUT2D eigenvalue weighted by molar-refractivity contribution is -0.136. The summed E-state index contributed by atoms with van der Waals surface area (Å²) < 4.78 is 0. The molecule has 4 nitrogen and oxygen atoms in total. The predicted molar refractivity (Wildman–Crippen MR) is 71.0 cm³/mol. The van der Waals surface area contributed by atoms with Crippen LogP contribution < -0.4 is 5.32 Å². The summed E-state index contributed by atoms with van der Waals surface area (Å²) in [6.07, 6.45) is 5.63. The molecule has 4 heteroatoms. The van der Waals surface area contributed by atoms with E-state index in [1.807, 2.05) is 24.1 Å². The summed E-state index contributed by atoms with van der Waals surface area (Å²) in [6.45, 7) is 3.91. The number of hydrogen-bond donors (Lipinski definition) is 1. The number of rotatable bonds is 3. The Hall–Kier alpha value is -1.42. The summed E-state index contributed by atoms with van der Waals surface area (Å²) >= 11 is 0. The Morgan fingerprint density at radius 3 is 2.83 bits per heavy atom. The van der Waals surface area contributed by atoms with Gasteiger partial charge in [0.2, 0.25) is 5.91 Å². The fraction of sp³-hybridized carbons (Fsp3) is 0.571. The highest BCUT2D eigenvalue weighted by Gasteiger charge is 2.26. The molecule has 0 radical (unpaired) electrons. The van der Waals surface area contributed by atoms with Gasteiger partial charge in [0.15, 0.2) is 0 Å². The van der Waals surface area contributed by atoms with E-state index in [9.17, 15) is 4.79 Å². The van der Waals surface area contributed by atoms with Gasteiger partial charge in [-0.15, -0.1) is 0 Å². The summed E-state index contributed by atoms with van der Waals surface area (Å²) in [6, 6.07) is 4.03. The number of nitrogens with one attached hydrogen (secondary N) is 1. The third-order valence-electron chi connectivity index (χ3n) is 3.76. The first-order chi connectivity index (χ1) is 8.70. The van der Waals surface area contributed by atoms with Crippen LogP contribution in [0.4, 0.5) is 0 Å². The second kappa shape index (κ2) is 5.96. The summed E-state index contributed by atoms with van der Waals surface area (Å²) in [5.74, 6) is 0.375. The zero-order valence-electron chi connectivity index (χ0n) is 11.1. The van der Waals surface area contributed by atoms with E-state index in [4.69, 9.17) is 0 Å². The van der Waals surface area contributed by atoms with Gasteiger partial charge >= 0.3 is 0 Å². The van der Waals surface area contributed by atoms with E-state index in [-0.39, 0.29) is 17.9 Å². The molecule has 1 saturated heterocycles. The monoisotopic (exact) mass is 247 g/mol. The SMILES string of the molecule is CC(c1ccncc1)N(C)C(=O)[C@@H]1CCCNC1. The lowest BCUT2D eigenvalue weighted by atomic mass is 9.97. The van der Waals surface area contributed by atoms with Gasteiger partial charge < -0.3 is 10.2 Å². The van der Waals surface area contributed by atoms with Crippen LogP contribution in [-0.4, -0.2) is 35.9 Å². The highest BCUT2D eigenvalue weighted by Crippen LogP contribution is 2.21. The molecule has 2 heterocycles. The molecule has 1 aliphatic rings. The molecule has 0 spiro atoms. The van der Waals surface area contributed by atoms with Gasteiger partial charge in [-0.1, -0.05) is 0 Å². The zero-order chi connectivity index (χ0) is 13.0. The van der Waals surface area contributed by atoms with E-state index in [1.54, 1.807) is 12.4 Å². The highest BCUT2D eigenvalue weighted by atomic mass is 16.2. The van der Waals surface area contributed by atoms with E-state index < -0.39 is 0 Å². The van der Waals surface area contributed by atoms with Crippen LogP contribution in [-0.2, 0) is 4.79 Å². The van der Waals surface area contributed by atoms with E-state index in [0.29, 0.717) is 0 Å². The Bertz CT molecular complexity index is 387. The molecule has 0 bridgehead atoms. The molecule has 98 valence electrons. The number of carbonyl (C=O) groups is 1. The van der Waals surface area contributed by atoms with Crippen LogP contribution in [0.15, 0.2) is 24.5 Å². The molecular formula is C14H21N3O. The average molecular weight is 247 g/mol. The quantitative estimate of drug-likeness (QED) is 0.882. The summed E-state index contributed by atoms with van der Waals surface area (Å²) in [7, 11) is 1.89. The number of piperidine rings is 1. The van der Waals surface area contributed by atoms with Gasteiger partial charge in [0.1, 0.15) is 0 Å². The minimum absolute atomic E-state index is 0.0995. The van der Waals surface area contributed by atoms with Crippen LogP contribution in [0.5, 0.6) is 0 Å². The van der Waals surface area contributed by atoms with Gasteiger partial charge in [0.25, 0.3) is 0 Å². The van der Waals surface area contributed by atoms with E-state index in [0.717, 1.165) is 31.5 Å². The van der Waals surface area contributed by atoms with Crippen molar-refractivity contribution in [3.63, 3.8) is 0 Å². The number of nitrogens with zero attached hydrogens (tertiary/aromatic N) is 2. The standard InChI is InChI=1S/C14H21N3O/c1-11(12-5-8-15-9-6-12)17(2)14(18)13-4-3-7-16-10-13/h5-6,8-9,11,13,16H,3-4,7,10H2,1-2H3/t11?,13-/m1/s1. The van der Waals surface area contributed by atoms with E-state index in [2.05, 4.69) is 17.2 Å². The molecule has 1 aliphatic heterocycles. The Morgan fingerprint density at radius 1 is 1.50 bits per heavy atom. The van der Waals surface area contributed by atoms with Crippen LogP contribution in [0.3, 0.4) is 0 Å². The fourth-order valence-electron chi connectivity index (χ4n) is 2.41. The lowest BCUT2D eigenvalue weighted by Gasteiger charge is -2.31. The number of carbonyl (C=O) groups excluding carboxylic acids is 1. The highest BCUT2D eigenvalue weighted by molar-refractivity contribution is 5.79. The van der Waals surface area contributed by atoms with Crippen molar-refractivity contribution in [1.29, 1.82) is 0 Å². The van der Waals surface area contributed by atoms with Gasteiger partial charge in [0, 0.05) is 26.0 Å². The third kappa shape index (κ3) is 2.88. The first kappa shape index (κ1) is 13.0. The maximum absolute atomic E-state index is 12.4. The Kier molecular flexibility index (Phi) is 4.31. The summed E-state index contributed by atoms with van der Waals surface area (Å²) in [5, 5.41) is 3.29. The molecule has 1 N–H and O–H groups in total. The topological polar surface area (TPSA) is 45.2 Å². The van der Waals surface area contributed by atoms with Crippen LogP contribution in [0, 0.1) is 5.92 Å². The first-order valence-corrected chi connectivity index (χ1v) is 6.57. The molecule has 0 aromatic carbocycles. The molecule has 1 fully saturated rings.